The molecule has 34 heavy (non-hydrogen) atoms. The minimum absolute atomic E-state index is 0. The predicted octanol–water partition coefficient (Wildman–Crippen LogP) is 7.61. The summed E-state index contributed by atoms with van der Waals surface area (Å²) >= 11 is 0. The summed E-state index contributed by atoms with van der Waals surface area (Å²) in [5.41, 5.74) is 11.5. The van der Waals surface area contributed by atoms with Gasteiger partial charge in [0.2, 0.25) is 0 Å². The molecule has 0 heterocycles. The van der Waals surface area contributed by atoms with Crippen molar-refractivity contribution < 1.29 is 31.7 Å². The minimum Gasteiger partial charge on any atom is -0.875 e. The fourth-order valence-corrected chi connectivity index (χ4v) is 4.39. The summed E-state index contributed by atoms with van der Waals surface area (Å²) in [6.45, 7) is 19.3. The van der Waals surface area contributed by atoms with Crippen LogP contribution in [0.2, 0.25) is 0 Å². The standard InChI is InChI=1S/C21H34O3.C9H13.Fe/c1-6-24-20(23)14-12-10-8-7-9-11-13-19(22)21-17(4)15(2)16(3)18(21)5;1-6-5-7(2)9(4)8(6)3;/h22H,6-14H2,1-5H3;5H,1-4H3;/q;-1;+2/p-1. The van der Waals surface area contributed by atoms with Crippen LogP contribution in [0.5, 0.6) is 0 Å². The zero-order chi connectivity index (χ0) is 25.1. The van der Waals surface area contributed by atoms with Gasteiger partial charge in [-0.05, 0) is 75.3 Å². The Balaban J connectivity index is 0.000000911. The molecule has 1 aromatic carbocycles. The normalized spacial score (nSPS) is 13.0. The third-order valence-corrected chi connectivity index (χ3v) is 7.23. The van der Waals surface area contributed by atoms with Gasteiger partial charge in [0.1, 0.15) is 0 Å². The fraction of sp³-hybridized carbons (Fsp3) is 0.600. The molecule has 192 valence electrons. The monoisotopic (exact) mass is 510 g/mol. The predicted molar refractivity (Wildman–Crippen MR) is 138 cm³/mol. The molecule has 0 spiro atoms. The van der Waals surface area contributed by atoms with Crippen molar-refractivity contribution in [1.82, 2.24) is 0 Å². The SMILES string of the molecule is CCOC(=O)CCCCCCCCC([O-])=C1C(C)=C(C)C(C)=C1C.Cc1c[c-](C)c(C)c1C.[Fe+2]. The molecule has 0 saturated carbocycles. The summed E-state index contributed by atoms with van der Waals surface area (Å²) in [5, 5.41) is 12.5. The van der Waals surface area contributed by atoms with Crippen LogP contribution < -0.4 is 5.11 Å². The Bertz CT molecular complexity index is 848. The molecule has 0 saturated heterocycles. The van der Waals surface area contributed by atoms with Gasteiger partial charge in [0.25, 0.3) is 0 Å². The molecule has 0 bridgehead atoms. The van der Waals surface area contributed by atoms with Crippen molar-refractivity contribution >= 4 is 5.97 Å². The van der Waals surface area contributed by atoms with Gasteiger partial charge < -0.3 is 9.84 Å². The van der Waals surface area contributed by atoms with E-state index in [2.05, 4.69) is 61.5 Å². The van der Waals surface area contributed by atoms with E-state index in [-0.39, 0.29) is 23.0 Å². The maximum atomic E-state index is 12.5. The van der Waals surface area contributed by atoms with Gasteiger partial charge in [0, 0.05) is 6.42 Å². The molecule has 0 aromatic heterocycles. The molecular weight excluding hydrogens is 464 g/mol. The summed E-state index contributed by atoms with van der Waals surface area (Å²) in [5.74, 6) is 0.206. The van der Waals surface area contributed by atoms with Crippen molar-refractivity contribution in [1.29, 1.82) is 0 Å². The number of carbonyl (C=O) groups excluding carboxylic acids is 1. The minimum atomic E-state index is -0.0888. The third kappa shape index (κ3) is 9.55. The quantitative estimate of drug-likeness (QED) is 0.107. The fourth-order valence-electron chi connectivity index (χ4n) is 4.39. The first kappa shape index (κ1) is 32.4. The van der Waals surface area contributed by atoms with Crippen LogP contribution in [-0.2, 0) is 26.6 Å². The molecule has 1 aliphatic rings. The van der Waals surface area contributed by atoms with Gasteiger partial charge in [0.05, 0.1) is 6.61 Å². The van der Waals surface area contributed by atoms with Gasteiger partial charge in [-0.3, -0.25) is 4.79 Å². The number of hydrogen-bond donors (Lipinski definition) is 0. The summed E-state index contributed by atoms with van der Waals surface area (Å²) in [7, 11) is 0. The molecule has 0 unspecified atom stereocenters. The summed E-state index contributed by atoms with van der Waals surface area (Å²) in [6, 6.07) is 2.24. The van der Waals surface area contributed by atoms with E-state index in [1.807, 2.05) is 6.92 Å². The number of unbranched alkanes of at least 4 members (excludes halogenated alkanes) is 5. The van der Waals surface area contributed by atoms with E-state index in [9.17, 15) is 9.90 Å². The Morgan fingerprint density at radius 2 is 1.29 bits per heavy atom. The molecule has 2 rings (SSSR count). The molecule has 0 fully saturated rings. The first-order valence-corrected chi connectivity index (χ1v) is 12.6. The number of esters is 1. The summed E-state index contributed by atoms with van der Waals surface area (Å²) in [4.78, 5) is 11.2. The van der Waals surface area contributed by atoms with Crippen LogP contribution in [0.3, 0.4) is 0 Å². The second kappa shape index (κ2) is 16.1. The number of aryl methyl sites for hydroxylation is 2. The van der Waals surface area contributed by atoms with Gasteiger partial charge in [0.15, 0.2) is 0 Å². The van der Waals surface area contributed by atoms with Gasteiger partial charge in [-0.1, -0.05) is 59.8 Å². The van der Waals surface area contributed by atoms with Crippen LogP contribution in [-0.4, -0.2) is 12.6 Å². The molecule has 0 aliphatic heterocycles. The average molecular weight is 511 g/mol. The molecule has 1 aliphatic carbocycles. The van der Waals surface area contributed by atoms with Gasteiger partial charge in [-0.25, -0.2) is 0 Å². The van der Waals surface area contributed by atoms with Crippen LogP contribution in [0.25, 0.3) is 0 Å². The largest absolute Gasteiger partial charge is 2.00 e. The van der Waals surface area contributed by atoms with E-state index in [4.69, 9.17) is 4.74 Å². The van der Waals surface area contributed by atoms with Crippen molar-refractivity contribution in [2.75, 3.05) is 6.61 Å². The Hall–Kier alpha value is -1.64. The summed E-state index contributed by atoms with van der Waals surface area (Å²) < 4.78 is 4.91. The smallest absolute Gasteiger partial charge is 0.875 e. The van der Waals surface area contributed by atoms with Crippen molar-refractivity contribution in [3.63, 3.8) is 0 Å². The second-order valence-corrected chi connectivity index (χ2v) is 9.48. The van der Waals surface area contributed by atoms with E-state index in [0.717, 1.165) is 55.2 Å². The summed E-state index contributed by atoms with van der Waals surface area (Å²) in [6.07, 6.45) is 7.44. The van der Waals surface area contributed by atoms with Crippen molar-refractivity contribution in [3.8, 4) is 0 Å². The van der Waals surface area contributed by atoms with Crippen LogP contribution in [0.1, 0.15) is 108 Å². The number of hydrogen-bond acceptors (Lipinski definition) is 3. The van der Waals surface area contributed by atoms with E-state index >= 15 is 0 Å². The van der Waals surface area contributed by atoms with Gasteiger partial charge >= 0.3 is 23.0 Å². The molecule has 0 atom stereocenters. The Labute approximate surface area is 219 Å². The Morgan fingerprint density at radius 1 is 0.824 bits per heavy atom. The van der Waals surface area contributed by atoms with Crippen LogP contribution in [0.4, 0.5) is 0 Å². The zero-order valence-corrected chi connectivity index (χ0v) is 24.1. The van der Waals surface area contributed by atoms with E-state index in [1.54, 1.807) is 0 Å². The topological polar surface area (TPSA) is 49.4 Å². The molecular formula is C30H46FeO3. The molecule has 1 aromatic rings. The Morgan fingerprint density at radius 3 is 1.68 bits per heavy atom. The first-order chi connectivity index (χ1) is 15.5. The molecule has 0 radical (unpaired) electrons. The number of rotatable bonds is 10. The average Bonchev–Trinajstić information content (AvgIpc) is 3.11. The number of allylic oxidation sites excluding steroid dienone is 6. The molecule has 0 amide bonds. The maximum Gasteiger partial charge on any atom is 2.00 e. The van der Waals surface area contributed by atoms with E-state index in [0.29, 0.717) is 25.2 Å². The first-order valence-electron chi connectivity index (χ1n) is 12.6. The van der Waals surface area contributed by atoms with Crippen LogP contribution >= 0.6 is 0 Å². The molecule has 4 heteroatoms. The third-order valence-electron chi connectivity index (χ3n) is 7.23. The van der Waals surface area contributed by atoms with E-state index in [1.165, 1.54) is 33.4 Å². The molecule has 3 nitrogen and oxygen atoms in total. The zero-order valence-electron chi connectivity index (χ0n) is 23.0. The second-order valence-electron chi connectivity index (χ2n) is 9.48. The molecule has 0 N–H and O–H groups in total. The van der Waals surface area contributed by atoms with Crippen LogP contribution in [0.15, 0.2) is 39.7 Å². The maximum absolute atomic E-state index is 12.5. The van der Waals surface area contributed by atoms with Crippen molar-refractivity contribution in [2.24, 2.45) is 0 Å². The number of carbonyl (C=O) groups is 1. The van der Waals surface area contributed by atoms with Crippen LogP contribution in [0, 0.1) is 27.7 Å². The van der Waals surface area contributed by atoms with Gasteiger partial charge in [-0.2, -0.15) is 28.3 Å². The van der Waals surface area contributed by atoms with Gasteiger partial charge in [-0.15, -0.1) is 5.76 Å². The van der Waals surface area contributed by atoms with E-state index < -0.39 is 0 Å². The van der Waals surface area contributed by atoms with Crippen molar-refractivity contribution in [3.05, 3.63) is 61.9 Å². The Kier molecular flexibility index (Phi) is 15.3. The number of ether oxygens (including phenoxy) is 1. The van der Waals surface area contributed by atoms with Crippen molar-refractivity contribution in [2.45, 2.75) is 114 Å².